The van der Waals surface area contributed by atoms with Crippen LogP contribution in [0.2, 0.25) is 15.1 Å². The van der Waals surface area contributed by atoms with Crippen LogP contribution in [0, 0.1) is 6.92 Å². The highest BCUT2D eigenvalue weighted by atomic mass is 35.5. The lowest BCUT2D eigenvalue weighted by atomic mass is 10.1. The van der Waals surface area contributed by atoms with Gasteiger partial charge in [-0.3, -0.25) is 0 Å². The summed E-state index contributed by atoms with van der Waals surface area (Å²) in [6.07, 6.45) is 0. The zero-order chi connectivity index (χ0) is 20.1. The number of hydrogen-bond donors (Lipinski definition) is 1. The molecule has 0 radical (unpaired) electrons. The maximum Gasteiger partial charge on any atom is 0.180 e. The molecule has 0 spiro atoms. The van der Waals surface area contributed by atoms with Crippen molar-refractivity contribution in [3.05, 3.63) is 86.4 Å². The number of benzene rings is 3. The van der Waals surface area contributed by atoms with E-state index < -0.39 is 0 Å². The molecule has 0 aliphatic heterocycles. The van der Waals surface area contributed by atoms with Crippen molar-refractivity contribution < 1.29 is 9.47 Å². The van der Waals surface area contributed by atoms with E-state index in [1.807, 2.05) is 48.5 Å². The van der Waals surface area contributed by atoms with E-state index in [-0.39, 0.29) is 0 Å². The van der Waals surface area contributed by atoms with E-state index in [1.165, 1.54) is 5.56 Å². The first-order chi connectivity index (χ1) is 13.4. The van der Waals surface area contributed by atoms with Crippen LogP contribution in [0.15, 0.2) is 54.6 Å². The van der Waals surface area contributed by atoms with Gasteiger partial charge in [-0.15, -0.1) is 0 Å². The van der Waals surface area contributed by atoms with Crippen LogP contribution < -0.4 is 14.8 Å². The van der Waals surface area contributed by atoms with E-state index in [2.05, 4.69) is 12.2 Å². The van der Waals surface area contributed by atoms with Crippen molar-refractivity contribution in [3.8, 4) is 11.5 Å². The molecule has 0 aliphatic rings. The van der Waals surface area contributed by atoms with Gasteiger partial charge in [-0.1, -0.05) is 64.6 Å². The number of methoxy groups -OCH3 is 1. The van der Waals surface area contributed by atoms with Crippen LogP contribution in [0.4, 0.5) is 5.69 Å². The van der Waals surface area contributed by atoms with Crippen LogP contribution in [-0.4, -0.2) is 7.11 Å². The Morgan fingerprint density at radius 2 is 1.54 bits per heavy atom. The van der Waals surface area contributed by atoms with Crippen molar-refractivity contribution in [2.24, 2.45) is 0 Å². The fourth-order valence-electron chi connectivity index (χ4n) is 2.72. The van der Waals surface area contributed by atoms with Crippen LogP contribution >= 0.6 is 34.8 Å². The first-order valence-corrected chi connectivity index (χ1v) is 9.82. The summed E-state index contributed by atoms with van der Waals surface area (Å²) >= 11 is 18.5. The van der Waals surface area contributed by atoms with Crippen LogP contribution in [0.3, 0.4) is 0 Å². The molecule has 0 amide bonds. The highest BCUT2D eigenvalue weighted by Crippen LogP contribution is 2.37. The Balaban J connectivity index is 1.72. The average molecular weight is 437 g/mol. The number of aryl methyl sites for hydroxylation is 1. The lowest BCUT2D eigenvalue weighted by Crippen LogP contribution is -2.03. The standard InChI is InChI=1S/C22H20Cl3NO2/c1-14-3-5-15(6-4-14)13-28-22-20(25)7-16(8-21(22)27-2)12-26-19-10-17(23)9-18(24)11-19/h3-11,26H,12-13H2,1-2H3. The summed E-state index contributed by atoms with van der Waals surface area (Å²) in [6, 6.07) is 17.2. The second-order valence-electron chi connectivity index (χ2n) is 6.39. The van der Waals surface area contributed by atoms with E-state index in [0.29, 0.717) is 39.7 Å². The predicted octanol–water partition coefficient (Wildman–Crippen LogP) is 7.15. The lowest BCUT2D eigenvalue weighted by Gasteiger charge is -2.15. The molecule has 0 unspecified atom stereocenters. The number of nitrogens with one attached hydrogen (secondary N) is 1. The zero-order valence-corrected chi connectivity index (χ0v) is 17.8. The van der Waals surface area contributed by atoms with E-state index >= 15 is 0 Å². The second kappa shape index (κ2) is 9.42. The highest BCUT2D eigenvalue weighted by molar-refractivity contribution is 6.35. The summed E-state index contributed by atoms with van der Waals surface area (Å²) in [4.78, 5) is 0. The summed E-state index contributed by atoms with van der Waals surface area (Å²) < 4.78 is 11.4. The van der Waals surface area contributed by atoms with Gasteiger partial charge in [-0.25, -0.2) is 0 Å². The van der Waals surface area contributed by atoms with Crippen LogP contribution in [0.25, 0.3) is 0 Å². The maximum absolute atomic E-state index is 6.46. The van der Waals surface area contributed by atoms with Gasteiger partial charge in [0, 0.05) is 22.3 Å². The SMILES string of the molecule is COc1cc(CNc2cc(Cl)cc(Cl)c2)cc(Cl)c1OCc1ccc(C)cc1. The van der Waals surface area contributed by atoms with Gasteiger partial charge in [-0.2, -0.15) is 0 Å². The highest BCUT2D eigenvalue weighted by Gasteiger charge is 2.13. The molecule has 3 nitrogen and oxygen atoms in total. The minimum absolute atomic E-state index is 0.412. The summed E-state index contributed by atoms with van der Waals surface area (Å²) in [6.45, 7) is 2.99. The van der Waals surface area contributed by atoms with E-state index in [1.54, 1.807) is 13.2 Å². The third kappa shape index (κ3) is 5.48. The van der Waals surface area contributed by atoms with Gasteiger partial charge in [0.25, 0.3) is 0 Å². The van der Waals surface area contributed by atoms with Crippen molar-refractivity contribution in [1.29, 1.82) is 0 Å². The topological polar surface area (TPSA) is 30.5 Å². The molecule has 0 aromatic heterocycles. The molecule has 3 aromatic carbocycles. The quantitative estimate of drug-likeness (QED) is 0.426. The number of ether oxygens (including phenoxy) is 2. The molecule has 28 heavy (non-hydrogen) atoms. The first-order valence-electron chi connectivity index (χ1n) is 8.69. The lowest BCUT2D eigenvalue weighted by molar-refractivity contribution is 0.284. The maximum atomic E-state index is 6.46. The Morgan fingerprint density at radius 3 is 2.18 bits per heavy atom. The van der Waals surface area contributed by atoms with Gasteiger partial charge in [0.15, 0.2) is 11.5 Å². The Bertz CT molecular complexity index is 938. The van der Waals surface area contributed by atoms with Gasteiger partial charge >= 0.3 is 0 Å². The summed E-state index contributed by atoms with van der Waals surface area (Å²) in [5.41, 5.74) is 4.04. The Hall–Kier alpha value is -2.07. The molecule has 6 heteroatoms. The van der Waals surface area contributed by atoms with Crippen LogP contribution in [0.1, 0.15) is 16.7 Å². The first kappa shape index (κ1) is 20.7. The Labute approximate surface area is 180 Å². The molecule has 0 aliphatic carbocycles. The van der Waals surface area contributed by atoms with Gasteiger partial charge < -0.3 is 14.8 Å². The zero-order valence-electron chi connectivity index (χ0n) is 15.6. The number of rotatable bonds is 7. The minimum atomic E-state index is 0.412. The fourth-order valence-corrected chi connectivity index (χ4v) is 3.53. The molecule has 0 heterocycles. The average Bonchev–Trinajstić information content (AvgIpc) is 2.65. The summed E-state index contributed by atoms with van der Waals surface area (Å²) in [7, 11) is 1.60. The molecule has 0 saturated heterocycles. The van der Waals surface area contributed by atoms with Crippen LogP contribution in [0.5, 0.6) is 11.5 Å². The molecular weight excluding hydrogens is 417 g/mol. The van der Waals surface area contributed by atoms with Crippen LogP contribution in [-0.2, 0) is 13.2 Å². The smallest absolute Gasteiger partial charge is 0.180 e. The Morgan fingerprint density at radius 1 is 0.857 bits per heavy atom. The van der Waals surface area contributed by atoms with E-state index in [4.69, 9.17) is 44.3 Å². The van der Waals surface area contributed by atoms with Crippen molar-refractivity contribution in [3.63, 3.8) is 0 Å². The minimum Gasteiger partial charge on any atom is -0.493 e. The van der Waals surface area contributed by atoms with Gasteiger partial charge in [0.05, 0.1) is 12.1 Å². The molecule has 3 aromatic rings. The normalized spacial score (nSPS) is 10.6. The molecule has 1 N–H and O–H groups in total. The largest absolute Gasteiger partial charge is 0.493 e. The molecule has 146 valence electrons. The van der Waals surface area contributed by atoms with Crippen molar-refractivity contribution in [1.82, 2.24) is 0 Å². The second-order valence-corrected chi connectivity index (χ2v) is 7.68. The third-order valence-electron chi connectivity index (χ3n) is 4.15. The molecule has 0 fully saturated rings. The predicted molar refractivity (Wildman–Crippen MR) is 117 cm³/mol. The molecule has 0 saturated carbocycles. The summed E-state index contributed by atoms with van der Waals surface area (Å²) in [5.74, 6) is 1.11. The molecule has 3 rings (SSSR count). The van der Waals surface area contributed by atoms with Crippen molar-refractivity contribution in [2.75, 3.05) is 12.4 Å². The monoisotopic (exact) mass is 435 g/mol. The van der Waals surface area contributed by atoms with E-state index in [9.17, 15) is 0 Å². The number of halogens is 3. The van der Waals surface area contributed by atoms with E-state index in [0.717, 1.165) is 16.8 Å². The third-order valence-corrected chi connectivity index (χ3v) is 4.87. The van der Waals surface area contributed by atoms with Crippen molar-refractivity contribution in [2.45, 2.75) is 20.1 Å². The number of hydrogen-bond acceptors (Lipinski definition) is 3. The number of anilines is 1. The fraction of sp³-hybridized carbons (Fsp3) is 0.182. The van der Waals surface area contributed by atoms with Gasteiger partial charge in [0.2, 0.25) is 0 Å². The van der Waals surface area contributed by atoms with Crippen molar-refractivity contribution >= 4 is 40.5 Å². The summed E-state index contributed by atoms with van der Waals surface area (Å²) in [5, 5.41) is 4.92. The van der Waals surface area contributed by atoms with Gasteiger partial charge in [-0.05, 0) is 48.4 Å². The Kier molecular flexibility index (Phi) is 6.95. The molecule has 0 bridgehead atoms. The molecular formula is C22H20Cl3NO2. The molecule has 0 atom stereocenters. The van der Waals surface area contributed by atoms with Gasteiger partial charge in [0.1, 0.15) is 6.61 Å².